The van der Waals surface area contributed by atoms with Crippen LogP contribution in [0.1, 0.15) is 52.4 Å². The minimum absolute atomic E-state index is 1.07. The van der Waals surface area contributed by atoms with Crippen LogP contribution in [0.25, 0.3) is 0 Å². The summed E-state index contributed by atoms with van der Waals surface area (Å²) in [6.07, 6.45) is 9.41. The highest BCUT2D eigenvalue weighted by molar-refractivity contribution is 5.12. The lowest BCUT2D eigenvalue weighted by molar-refractivity contribution is 0.0593. The van der Waals surface area contributed by atoms with E-state index in [1.807, 2.05) is 0 Å². The van der Waals surface area contributed by atoms with Crippen molar-refractivity contribution in [2.75, 3.05) is 0 Å². The molecule has 0 aromatic rings. The lowest BCUT2D eigenvalue weighted by atomic mass is 9.63. The van der Waals surface area contributed by atoms with E-state index in [1.54, 1.807) is 25.7 Å². The Morgan fingerprint density at radius 1 is 0.938 bits per heavy atom. The first kappa shape index (κ1) is 9.97. The molecule has 0 N–H and O–H groups in total. The second kappa shape index (κ2) is 3.27. The maximum atomic E-state index is 2.59. The fourth-order valence-electron chi connectivity index (χ4n) is 6.82. The predicted molar refractivity (Wildman–Crippen MR) is 67.0 cm³/mol. The second-order valence-corrected chi connectivity index (χ2v) is 7.36. The Morgan fingerprint density at radius 3 is 2.31 bits per heavy atom. The molecule has 4 fully saturated rings. The van der Waals surface area contributed by atoms with Crippen LogP contribution < -0.4 is 0 Å². The third-order valence-electron chi connectivity index (χ3n) is 7.10. The third-order valence-corrected chi connectivity index (χ3v) is 7.10. The summed E-state index contributed by atoms with van der Waals surface area (Å²) in [5, 5.41) is 0. The van der Waals surface area contributed by atoms with Gasteiger partial charge in [0.05, 0.1) is 0 Å². The van der Waals surface area contributed by atoms with Crippen LogP contribution in [0.3, 0.4) is 0 Å². The average molecular weight is 218 g/mol. The zero-order valence-electron chi connectivity index (χ0n) is 10.9. The number of hydrogen-bond acceptors (Lipinski definition) is 0. The van der Waals surface area contributed by atoms with Gasteiger partial charge >= 0.3 is 0 Å². The van der Waals surface area contributed by atoms with Crippen LogP contribution in [0, 0.1) is 47.3 Å². The molecule has 0 amide bonds. The van der Waals surface area contributed by atoms with Crippen molar-refractivity contribution in [1.82, 2.24) is 0 Å². The van der Waals surface area contributed by atoms with Crippen LogP contribution in [0.5, 0.6) is 0 Å². The molecule has 8 atom stereocenters. The molecule has 0 aliphatic heterocycles. The summed E-state index contributed by atoms with van der Waals surface area (Å²) < 4.78 is 0. The zero-order valence-corrected chi connectivity index (χ0v) is 10.9. The molecule has 0 heteroatoms. The molecule has 0 heterocycles. The molecule has 0 nitrogen and oxygen atoms in total. The van der Waals surface area contributed by atoms with Crippen molar-refractivity contribution < 1.29 is 0 Å². The van der Waals surface area contributed by atoms with Gasteiger partial charge in [0.25, 0.3) is 0 Å². The largest absolute Gasteiger partial charge is 0.0654 e. The summed E-state index contributed by atoms with van der Waals surface area (Å²) in [6, 6.07) is 0. The second-order valence-electron chi connectivity index (χ2n) is 7.36. The summed E-state index contributed by atoms with van der Waals surface area (Å²) in [5.41, 5.74) is 0. The SMILES string of the molecule is CCCC1C(C)[C@@H]2C[C@H]1C1C3CCC(C3)C12. The molecule has 4 aliphatic carbocycles. The van der Waals surface area contributed by atoms with Gasteiger partial charge in [-0.1, -0.05) is 26.7 Å². The van der Waals surface area contributed by atoms with Crippen molar-refractivity contribution in [2.45, 2.75) is 52.4 Å². The molecule has 16 heavy (non-hydrogen) atoms. The molecule has 0 radical (unpaired) electrons. The maximum absolute atomic E-state index is 2.59. The van der Waals surface area contributed by atoms with Crippen LogP contribution in [0.2, 0.25) is 0 Å². The maximum Gasteiger partial charge on any atom is -0.0321 e. The van der Waals surface area contributed by atoms with Gasteiger partial charge in [-0.05, 0) is 73.0 Å². The monoisotopic (exact) mass is 218 g/mol. The molecule has 4 saturated carbocycles. The Bertz CT molecular complexity index is 294. The van der Waals surface area contributed by atoms with Crippen LogP contribution in [-0.2, 0) is 0 Å². The highest BCUT2D eigenvalue weighted by Gasteiger charge is 2.63. The van der Waals surface area contributed by atoms with E-state index in [-0.39, 0.29) is 0 Å². The van der Waals surface area contributed by atoms with Gasteiger partial charge in [0, 0.05) is 0 Å². The molecule has 4 aliphatic rings. The molecule has 0 aromatic carbocycles. The van der Waals surface area contributed by atoms with Gasteiger partial charge in [-0.2, -0.15) is 0 Å². The molecule has 6 unspecified atom stereocenters. The lowest BCUT2D eigenvalue weighted by Crippen LogP contribution is -2.37. The molecular weight excluding hydrogens is 192 g/mol. The third kappa shape index (κ3) is 1.03. The van der Waals surface area contributed by atoms with Crippen molar-refractivity contribution in [1.29, 1.82) is 0 Å². The Labute approximate surface area is 100 Å². The minimum atomic E-state index is 1.07. The van der Waals surface area contributed by atoms with E-state index < -0.39 is 0 Å². The summed E-state index contributed by atoms with van der Waals surface area (Å²) in [4.78, 5) is 0. The number of hydrogen-bond donors (Lipinski definition) is 0. The van der Waals surface area contributed by atoms with Gasteiger partial charge < -0.3 is 0 Å². The molecule has 4 bridgehead atoms. The van der Waals surface area contributed by atoms with Crippen molar-refractivity contribution in [3.05, 3.63) is 0 Å². The fraction of sp³-hybridized carbons (Fsp3) is 1.00. The van der Waals surface area contributed by atoms with E-state index in [0.717, 1.165) is 17.8 Å². The van der Waals surface area contributed by atoms with Crippen molar-refractivity contribution >= 4 is 0 Å². The van der Waals surface area contributed by atoms with E-state index >= 15 is 0 Å². The van der Waals surface area contributed by atoms with Gasteiger partial charge in [0.1, 0.15) is 0 Å². The van der Waals surface area contributed by atoms with Gasteiger partial charge in [-0.3, -0.25) is 0 Å². The lowest BCUT2D eigenvalue weighted by Gasteiger charge is -2.42. The van der Waals surface area contributed by atoms with Gasteiger partial charge in [-0.25, -0.2) is 0 Å². The van der Waals surface area contributed by atoms with E-state index in [9.17, 15) is 0 Å². The Kier molecular flexibility index (Phi) is 2.04. The van der Waals surface area contributed by atoms with Crippen molar-refractivity contribution in [3.8, 4) is 0 Å². The van der Waals surface area contributed by atoms with Gasteiger partial charge in [-0.15, -0.1) is 0 Å². The molecule has 0 spiro atoms. The minimum Gasteiger partial charge on any atom is -0.0654 e. The summed E-state index contributed by atoms with van der Waals surface area (Å²) >= 11 is 0. The first-order chi connectivity index (χ1) is 7.81. The van der Waals surface area contributed by atoms with E-state index in [1.165, 1.54) is 42.4 Å². The highest BCUT2D eigenvalue weighted by Crippen LogP contribution is 2.70. The standard InChI is InChI=1S/C16H26/c1-3-4-12-9(2)13-8-14(12)16-11-6-5-10(7-11)15(13)16/h9-16H,3-8H2,1-2H3/t9?,10?,11?,12?,13-,14+,15?,16?/m0/s1. The Balaban J connectivity index is 1.64. The Hall–Kier alpha value is 0. The fourth-order valence-corrected chi connectivity index (χ4v) is 6.82. The average Bonchev–Trinajstić information content (AvgIpc) is 2.97. The van der Waals surface area contributed by atoms with Crippen LogP contribution in [-0.4, -0.2) is 0 Å². The number of fused-ring (bicyclic) bond motifs is 9. The first-order valence-corrected chi connectivity index (χ1v) is 7.81. The Morgan fingerprint density at radius 2 is 1.62 bits per heavy atom. The van der Waals surface area contributed by atoms with E-state index in [2.05, 4.69) is 13.8 Å². The summed E-state index contributed by atoms with van der Waals surface area (Å²) in [6.45, 7) is 4.98. The normalized spacial score (nSPS) is 61.9. The van der Waals surface area contributed by atoms with Crippen LogP contribution in [0.15, 0.2) is 0 Å². The molecule has 0 aromatic heterocycles. The molecule has 0 saturated heterocycles. The predicted octanol–water partition coefficient (Wildman–Crippen LogP) is 4.35. The van der Waals surface area contributed by atoms with Crippen molar-refractivity contribution in [2.24, 2.45) is 47.3 Å². The van der Waals surface area contributed by atoms with Crippen LogP contribution >= 0.6 is 0 Å². The van der Waals surface area contributed by atoms with E-state index in [4.69, 9.17) is 0 Å². The smallest absolute Gasteiger partial charge is 0.0321 e. The molecular formula is C16H26. The molecule has 4 rings (SSSR count). The molecule has 90 valence electrons. The summed E-state index contributed by atoms with van der Waals surface area (Å²) in [7, 11) is 0. The highest BCUT2D eigenvalue weighted by atomic mass is 14.7. The van der Waals surface area contributed by atoms with Gasteiger partial charge in [0.15, 0.2) is 0 Å². The quantitative estimate of drug-likeness (QED) is 0.604. The van der Waals surface area contributed by atoms with Gasteiger partial charge in [0.2, 0.25) is 0 Å². The zero-order chi connectivity index (χ0) is 10.9. The first-order valence-electron chi connectivity index (χ1n) is 7.81. The van der Waals surface area contributed by atoms with Crippen molar-refractivity contribution in [3.63, 3.8) is 0 Å². The topological polar surface area (TPSA) is 0 Å². The number of rotatable bonds is 2. The summed E-state index contributed by atoms with van der Waals surface area (Å²) in [5.74, 6) is 9.28. The van der Waals surface area contributed by atoms with Crippen LogP contribution in [0.4, 0.5) is 0 Å². The van der Waals surface area contributed by atoms with E-state index in [0.29, 0.717) is 0 Å².